The van der Waals surface area contributed by atoms with Gasteiger partial charge in [-0.3, -0.25) is 0 Å². The highest BCUT2D eigenvalue weighted by molar-refractivity contribution is 7.97. The Kier molecular flexibility index (Phi) is 4.92. The molecule has 14 heavy (non-hydrogen) atoms. The number of hydrogen-bond acceptors (Lipinski definition) is 4. The fraction of sp³-hybridized carbons (Fsp3) is 0.700. The second-order valence-electron chi connectivity index (χ2n) is 3.27. The molecule has 0 bridgehead atoms. The molecular formula is C10H18N2S2. The van der Waals surface area contributed by atoms with Gasteiger partial charge in [-0.05, 0) is 26.6 Å². The maximum absolute atomic E-state index is 4.56. The Morgan fingerprint density at radius 2 is 2.29 bits per heavy atom. The average Bonchev–Trinajstić information content (AvgIpc) is 2.48. The standard InChI is InChI=1S/C10H18N2S2/c1-5-11-7(2)10-8(3)12-9(14-10)6-13-4/h7,11H,5-6H2,1-4H3. The molecule has 0 aliphatic heterocycles. The monoisotopic (exact) mass is 230 g/mol. The van der Waals surface area contributed by atoms with E-state index in [1.165, 1.54) is 15.6 Å². The molecule has 0 saturated carbocycles. The normalized spacial score (nSPS) is 13.1. The fourth-order valence-electron chi connectivity index (χ4n) is 1.45. The van der Waals surface area contributed by atoms with Crippen molar-refractivity contribution in [3.05, 3.63) is 15.6 Å². The molecular weight excluding hydrogens is 212 g/mol. The summed E-state index contributed by atoms with van der Waals surface area (Å²) in [5.74, 6) is 1.03. The first kappa shape index (κ1) is 12.0. The van der Waals surface area contributed by atoms with Crippen LogP contribution in [0.1, 0.15) is 35.5 Å². The van der Waals surface area contributed by atoms with Crippen molar-refractivity contribution < 1.29 is 0 Å². The van der Waals surface area contributed by atoms with E-state index in [1.807, 2.05) is 23.1 Å². The van der Waals surface area contributed by atoms with E-state index in [2.05, 4.69) is 37.3 Å². The maximum Gasteiger partial charge on any atom is 0.103 e. The van der Waals surface area contributed by atoms with Gasteiger partial charge in [0.2, 0.25) is 0 Å². The van der Waals surface area contributed by atoms with Gasteiger partial charge in [0.25, 0.3) is 0 Å². The average molecular weight is 230 g/mol. The van der Waals surface area contributed by atoms with Crippen molar-refractivity contribution in [1.82, 2.24) is 10.3 Å². The van der Waals surface area contributed by atoms with Crippen LogP contribution in [0.5, 0.6) is 0 Å². The van der Waals surface area contributed by atoms with Crippen LogP contribution in [0, 0.1) is 6.92 Å². The molecule has 0 aliphatic carbocycles. The number of aromatic nitrogens is 1. The minimum absolute atomic E-state index is 0.438. The molecule has 1 rings (SSSR count). The summed E-state index contributed by atoms with van der Waals surface area (Å²) < 4.78 is 0. The van der Waals surface area contributed by atoms with Crippen LogP contribution < -0.4 is 5.32 Å². The molecule has 0 aromatic carbocycles. The van der Waals surface area contributed by atoms with Crippen LogP contribution in [-0.2, 0) is 5.75 Å². The third-order valence-electron chi connectivity index (χ3n) is 2.05. The molecule has 80 valence electrons. The summed E-state index contributed by atoms with van der Waals surface area (Å²) in [6, 6.07) is 0.438. The highest BCUT2D eigenvalue weighted by Crippen LogP contribution is 2.26. The molecule has 0 aliphatic rings. The largest absolute Gasteiger partial charge is 0.310 e. The van der Waals surface area contributed by atoms with Crippen LogP contribution in [-0.4, -0.2) is 17.8 Å². The third-order valence-corrected chi connectivity index (χ3v) is 4.13. The molecule has 4 heteroatoms. The lowest BCUT2D eigenvalue weighted by atomic mass is 10.2. The smallest absolute Gasteiger partial charge is 0.103 e. The van der Waals surface area contributed by atoms with Gasteiger partial charge in [-0.25, -0.2) is 4.98 Å². The zero-order valence-corrected chi connectivity index (χ0v) is 10.9. The van der Waals surface area contributed by atoms with Crippen LogP contribution in [0.15, 0.2) is 0 Å². The number of aryl methyl sites for hydroxylation is 1. The molecule has 0 amide bonds. The van der Waals surface area contributed by atoms with Crippen molar-refractivity contribution in [3.63, 3.8) is 0 Å². The number of thiazole rings is 1. The van der Waals surface area contributed by atoms with Gasteiger partial charge < -0.3 is 5.32 Å². The zero-order valence-electron chi connectivity index (χ0n) is 9.26. The van der Waals surface area contributed by atoms with Crippen LogP contribution >= 0.6 is 23.1 Å². The van der Waals surface area contributed by atoms with Crippen LogP contribution in [0.4, 0.5) is 0 Å². The molecule has 1 atom stereocenters. The number of nitrogens with zero attached hydrogens (tertiary/aromatic N) is 1. The van der Waals surface area contributed by atoms with E-state index in [0.717, 1.165) is 12.3 Å². The molecule has 1 heterocycles. The molecule has 1 N–H and O–H groups in total. The fourth-order valence-corrected chi connectivity index (χ4v) is 3.24. The molecule has 0 radical (unpaired) electrons. The van der Waals surface area contributed by atoms with Crippen molar-refractivity contribution in [1.29, 1.82) is 0 Å². The number of thioether (sulfide) groups is 1. The van der Waals surface area contributed by atoms with Gasteiger partial charge in [0.05, 0.1) is 5.69 Å². The molecule has 1 unspecified atom stereocenters. The highest BCUT2D eigenvalue weighted by atomic mass is 32.2. The predicted molar refractivity (Wildman–Crippen MR) is 66.2 cm³/mol. The Morgan fingerprint density at radius 3 is 2.86 bits per heavy atom. The van der Waals surface area contributed by atoms with Gasteiger partial charge in [0.15, 0.2) is 0 Å². The van der Waals surface area contributed by atoms with Gasteiger partial charge in [-0.15, -0.1) is 11.3 Å². The number of rotatable bonds is 5. The lowest BCUT2D eigenvalue weighted by Gasteiger charge is -2.09. The van der Waals surface area contributed by atoms with E-state index in [9.17, 15) is 0 Å². The second-order valence-corrected chi connectivity index (χ2v) is 5.25. The minimum atomic E-state index is 0.438. The molecule has 0 spiro atoms. The van der Waals surface area contributed by atoms with Crippen molar-refractivity contribution in [2.75, 3.05) is 12.8 Å². The SMILES string of the molecule is CCNC(C)c1sc(CSC)nc1C. The van der Waals surface area contributed by atoms with Crippen molar-refractivity contribution in [3.8, 4) is 0 Å². The molecule has 0 saturated heterocycles. The number of hydrogen-bond donors (Lipinski definition) is 1. The second kappa shape index (κ2) is 5.73. The maximum atomic E-state index is 4.56. The topological polar surface area (TPSA) is 24.9 Å². The van der Waals surface area contributed by atoms with Gasteiger partial charge in [-0.1, -0.05) is 6.92 Å². The van der Waals surface area contributed by atoms with Crippen LogP contribution in [0.25, 0.3) is 0 Å². The van der Waals surface area contributed by atoms with Gasteiger partial charge >= 0.3 is 0 Å². The Bertz CT molecular complexity index is 284. The van der Waals surface area contributed by atoms with E-state index in [-0.39, 0.29) is 0 Å². The first-order valence-corrected chi connectivity index (χ1v) is 7.08. The summed E-state index contributed by atoms with van der Waals surface area (Å²) >= 11 is 3.67. The van der Waals surface area contributed by atoms with E-state index in [1.54, 1.807) is 0 Å². The molecule has 1 aromatic heterocycles. The van der Waals surface area contributed by atoms with E-state index >= 15 is 0 Å². The quantitative estimate of drug-likeness (QED) is 0.842. The summed E-state index contributed by atoms with van der Waals surface area (Å²) in [4.78, 5) is 5.95. The summed E-state index contributed by atoms with van der Waals surface area (Å²) in [6.07, 6.45) is 2.12. The first-order valence-electron chi connectivity index (χ1n) is 4.87. The number of nitrogens with one attached hydrogen (secondary N) is 1. The first-order chi connectivity index (χ1) is 6.69. The molecule has 2 nitrogen and oxygen atoms in total. The minimum Gasteiger partial charge on any atom is -0.310 e. The summed E-state index contributed by atoms with van der Waals surface area (Å²) in [5.41, 5.74) is 1.19. The Labute approximate surface area is 94.5 Å². The predicted octanol–water partition coefficient (Wildman–Crippen LogP) is 2.99. The lowest BCUT2D eigenvalue weighted by molar-refractivity contribution is 0.603. The van der Waals surface area contributed by atoms with Gasteiger partial charge in [0.1, 0.15) is 5.01 Å². The van der Waals surface area contributed by atoms with Crippen molar-refractivity contribution in [2.24, 2.45) is 0 Å². The van der Waals surface area contributed by atoms with Gasteiger partial charge in [-0.2, -0.15) is 11.8 Å². The zero-order chi connectivity index (χ0) is 10.6. The molecule has 1 aromatic rings. The summed E-state index contributed by atoms with van der Waals surface area (Å²) in [5, 5.41) is 4.67. The molecule has 0 fully saturated rings. The van der Waals surface area contributed by atoms with Crippen molar-refractivity contribution in [2.45, 2.75) is 32.6 Å². The third kappa shape index (κ3) is 2.97. The Hall–Kier alpha value is -0.0600. The van der Waals surface area contributed by atoms with Crippen LogP contribution in [0.3, 0.4) is 0 Å². The summed E-state index contributed by atoms with van der Waals surface area (Å²) in [7, 11) is 0. The lowest BCUT2D eigenvalue weighted by Crippen LogP contribution is -2.17. The highest BCUT2D eigenvalue weighted by Gasteiger charge is 2.12. The Balaban J connectivity index is 2.75. The Morgan fingerprint density at radius 1 is 1.57 bits per heavy atom. The van der Waals surface area contributed by atoms with Crippen LogP contribution in [0.2, 0.25) is 0 Å². The van der Waals surface area contributed by atoms with E-state index in [4.69, 9.17) is 0 Å². The van der Waals surface area contributed by atoms with E-state index in [0.29, 0.717) is 6.04 Å². The van der Waals surface area contributed by atoms with Crippen molar-refractivity contribution >= 4 is 23.1 Å². The van der Waals surface area contributed by atoms with E-state index < -0.39 is 0 Å². The van der Waals surface area contributed by atoms with Gasteiger partial charge in [0, 0.05) is 16.7 Å². The summed E-state index contributed by atoms with van der Waals surface area (Å²) in [6.45, 7) is 7.45.